The number of nitrogens with one attached hydrogen (secondary N) is 1. The van der Waals surface area contributed by atoms with Crippen molar-refractivity contribution in [1.29, 1.82) is 0 Å². The minimum atomic E-state index is 0.0514. The number of benzene rings is 1. The lowest BCUT2D eigenvalue weighted by Gasteiger charge is -2.16. The lowest BCUT2D eigenvalue weighted by Crippen LogP contribution is -2.31. The molecule has 0 spiro atoms. The molecule has 23 heavy (non-hydrogen) atoms. The zero-order valence-corrected chi connectivity index (χ0v) is 13.8. The Bertz CT molecular complexity index is 679. The van der Waals surface area contributed by atoms with E-state index in [1.165, 1.54) is 11.1 Å². The van der Waals surface area contributed by atoms with Crippen LogP contribution in [0.1, 0.15) is 30.5 Å². The summed E-state index contributed by atoms with van der Waals surface area (Å²) in [4.78, 5) is 14.4. The molecule has 3 rings (SSSR count). The van der Waals surface area contributed by atoms with Gasteiger partial charge in [-0.15, -0.1) is 0 Å². The van der Waals surface area contributed by atoms with Gasteiger partial charge in [0, 0.05) is 25.0 Å². The summed E-state index contributed by atoms with van der Waals surface area (Å²) >= 11 is 0. The van der Waals surface area contributed by atoms with E-state index in [9.17, 15) is 4.79 Å². The number of aromatic nitrogens is 2. The maximum Gasteiger partial charge on any atom is 0.238 e. The van der Waals surface area contributed by atoms with Crippen molar-refractivity contribution in [2.24, 2.45) is 0 Å². The first-order chi connectivity index (χ1) is 11.1. The number of hydrogen-bond acceptors (Lipinski definition) is 3. The van der Waals surface area contributed by atoms with Crippen molar-refractivity contribution in [1.82, 2.24) is 14.7 Å². The molecule has 1 aromatic carbocycles. The minimum Gasteiger partial charge on any atom is -0.325 e. The number of carbonyl (C=O) groups is 1. The number of aryl methyl sites for hydroxylation is 2. The van der Waals surface area contributed by atoms with Gasteiger partial charge in [-0.3, -0.25) is 14.4 Å². The second-order valence-corrected chi connectivity index (χ2v) is 6.28. The monoisotopic (exact) mass is 312 g/mol. The molecular formula is C18H24N4O. The summed E-state index contributed by atoms with van der Waals surface area (Å²) in [7, 11) is 0. The van der Waals surface area contributed by atoms with Crippen molar-refractivity contribution in [2.75, 3.05) is 25.0 Å². The van der Waals surface area contributed by atoms with Gasteiger partial charge in [-0.25, -0.2) is 0 Å². The Morgan fingerprint density at radius 2 is 2.30 bits per heavy atom. The van der Waals surface area contributed by atoms with Crippen LogP contribution in [0.3, 0.4) is 0 Å². The smallest absolute Gasteiger partial charge is 0.238 e. The second-order valence-electron chi connectivity index (χ2n) is 6.28. The molecule has 1 unspecified atom stereocenters. The fourth-order valence-corrected chi connectivity index (χ4v) is 3.08. The Kier molecular flexibility index (Phi) is 4.76. The van der Waals surface area contributed by atoms with Crippen LogP contribution < -0.4 is 5.32 Å². The van der Waals surface area contributed by atoms with Crippen molar-refractivity contribution >= 4 is 11.6 Å². The third kappa shape index (κ3) is 3.99. The summed E-state index contributed by atoms with van der Waals surface area (Å²) in [5, 5.41) is 7.39. The SMILES string of the molecule is CCc1cccc(NC(=O)CN2CCC(n3cc(C)cn3)C2)c1. The number of anilines is 1. The normalized spacial score (nSPS) is 18.3. The fraction of sp³-hybridized carbons (Fsp3) is 0.444. The van der Waals surface area contributed by atoms with E-state index in [4.69, 9.17) is 0 Å². The van der Waals surface area contributed by atoms with Crippen LogP contribution in [0.15, 0.2) is 36.7 Å². The predicted molar refractivity (Wildman–Crippen MR) is 91.5 cm³/mol. The summed E-state index contributed by atoms with van der Waals surface area (Å²) in [6.45, 7) is 6.42. The van der Waals surface area contributed by atoms with Crippen molar-refractivity contribution in [3.8, 4) is 0 Å². The van der Waals surface area contributed by atoms with Crippen LogP contribution in [0.5, 0.6) is 0 Å². The molecule has 0 saturated carbocycles. The summed E-state index contributed by atoms with van der Waals surface area (Å²) in [5.74, 6) is 0.0514. The molecule has 122 valence electrons. The number of likely N-dealkylation sites (tertiary alicyclic amines) is 1. The van der Waals surface area contributed by atoms with Gasteiger partial charge in [0.25, 0.3) is 0 Å². The number of rotatable bonds is 5. The van der Waals surface area contributed by atoms with E-state index in [1.807, 2.05) is 36.0 Å². The number of hydrogen-bond donors (Lipinski definition) is 1. The molecule has 1 aromatic heterocycles. The second kappa shape index (κ2) is 6.96. The first kappa shape index (κ1) is 15.7. The van der Waals surface area contributed by atoms with Crippen molar-refractivity contribution < 1.29 is 4.79 Å². The van der Waals surface area contributed by atoms with Crippen LogP contribution in [0.4, 0.5) is 5.69 Å². The molecule has 1 fully saturated rings. The highest BCUT2D eigenvalue weighted by Gasteiger charge is 2.25. The molecule has 5 nitrogen and oxygen atoms in total. The van der Waals surface area contributed by atoms with Crippen molar-refractivity contribution in [2.45, 2.75) is 32.7 Å². The Hall–Kier alpha value is -2.14. The molecule has 2 heterocycles. The average molecular weight is 312 g/mol. The van der Waals surface area contributed by atoms with Gasteiger partial charge in [-0.2, -0.15) is 5.10 Å². The molecule has 0 bridgehead atoms. The zero-order valence-electron chi connectivity index (χ0n) is 13.8. The van der Waals surface area contributed by atoms with Crippen molar-refractivity contribution in [3.05, 3.63) is 47.8 Å². The van der Waals surface area contributed by atoms with E-state index in [-0.39, 0.29) is 5.91 Å². The summed E-state index contributed by atoms with van der Waals surface area (Å²) < 4.78 is 2.03. The molecule has 5 heteroatoms. The molecule has 1 N–H and O–H groups in total. The topological polar surface area (TPSA) is 50.2 Å². The summed E-state index contributed by atoms with van der Waals surface area (Å²) in [6.07, 6.45) is 5.97. The predicted octanol–water partition coefficient (Wildman–Crippen LogP) is 2.64. The van der Waals surface area contributed by atoms with E-state index in [0.717, 1.165) is 31.6 Å². The van der Waals surface area contributed by atoms with E-state index in [1.54, 1.807) is 0 Å². The molecule has 1 saturated heterocycles. The Morgan fingerprint density at radius 3 is 3.04 bits per heavy atom. The Morgan fingerprint density at radius 1 is 1.43 bits per heavy atom. The summed E-state index contributed by atoms with van der Waals surface area (Å²) in [5.41, 5.74) is 3.29. The van der Waals surface area contributed by atoms with Gasteiger partial charge < -0.3 is 5.32 Å². The maximum absolute atomic E-state index is 12.2. The van der Waals surface area contributed by atoms with E-state index >= 15 is 0 Å². The highest BCUT2D eigenvalue weighted by molar-refractivity contribution is 5.92. The van der Waals surface area contributed by atoms with Crippen LogP contribution in [0, 0.1) is 6.92 Å². The standard InChI is InChI=1S/C18H24N4O/c1-3-15-5-4-6-16(9-15)20-18(23)13-21-8-7-17(12-21)22-11-14(2)10-19-22/h4-6,9-11,17H,3,7-8,12-13H2,1-2H3,(H,20,23). The van der Waals surface area contributed by atoms with Gasteiger partial charge in [0.1, 0.15) is 0 Å². The quantitative estimate of drug-likeness (QED) is 0.923. The molecule has 2 aromatic rings. The van der Waals surface area contributed by atoms with Crippen LogP contribution in [0.2, 0.25) is 0 Å². The van der Waals surface area contributed by atoms with Gasteiger partial charge in [-0.1, -0.05) is 19.1 Å². The molecular weight excluding hydrogens is 288 g/mol. The van der Waals surface area contributed by atoms with Crippen LogP contribution in [-0.2, 0) is 11.2 Å². The largest absolute Gasteiger partial charge is 0.325 e. The van der Waals surface area contributed by atoms with E-state index in [0.29, 0.717) is 12.6 Å². The lowest BCUT2D eigenvalue weighted by atomic mass is 10.1. The first-order valence-corrected chi connectivity index (χ1v) is 8.26. The fourth-order valence-electron chi connectivity index (χ4n) is 3.08. The first-order valence-electron chi connectivity index (χ1n) is 8.26. The average Bonchev–Trinajstić information content (AvgIpc) is 3.16. The van der Waals surface area contributed by atoms with Crippen LogP contribution in [-0.4, -0.2) is 40.2 Å². The highest BCUT2D eigenvalue weighted by atomic mass is 16.2. The number of amides is 1. The van der Waals surface area contributed by atoms with Gasteiger partial charge in [0.05, 0.1) is 18.8 Å². The van der Waals surface area contributed by atoms with Crippen LogP contribution >= 0.6 is 0 Å². The van der Waals surface area contributed by atoms with Gasteiger partial charge in [0.15, 0.2) is 0 Å². The third-order valence-corrected chi connectivity index (χ3v) is 4.34. The molecule has 0 radical (unpaired) electrons. The molecule has 1 aliphatic rings. The minimum absolute atomic E-state index is 0.0514. The lowest BCUT2D eigenvalue weighted by molar-refractivity contribution is -0.117. The molecule has 1 aliphatic heterocycles. The third-order valence-electron chi connectivity index (χ3n) is 4.34. The van der Waals surface area contributed by atoms with Crippen LogP contribution in [0.25, 0.3) is 0 Å². The Balaban J connectivity index is 1.52. The molecule has 0 aliphatic carbocycles. The Labute approximate surface area is 137 Å². The van der Waals surface area contributed by atoms with Gasteiger partial charge in [-0.05, 0) is 43.0 Å². The number of carbonyl (C=O) groups excluding carboxylic acids is 1. The highest BCUT2D eigenvalue weighted by Crippen LogP contribution is 2.21. The zero-order chi connectivity index (χ0) is 16.2. The van der Waals surface area contributed by atoms with Crippen molar-refractivity contribution in [3.63, 3.8) is 0 Å². The maximum atomic E-state index is 12.2. The van der Waals surface area contributed by atoms with E-state index < -0.39 is 0 Å². The molecule has 1 atom stereocenters. The van der Waals surface area contributed by atoms with E-state index in [2.05, 4.69) is 34.5 Å². The molecule has 1 amide bonds. The van der Waals surface area contributed by atoms with Gasteiger partial charge >= 0.3 is 0 Å². The van der Waals surface area contributed by atoms with Gasteiger partial charge in [0.2, 0.25) is 5.91 Å². The number of nitrogens with zero attached hydrogens (tertiary/aromatic N) is 3. The summed E-state index contributed by atoms with van der Waals surface area (Å²) in [6, 6.07) is 8.42.